The molecule has 0 aliphatic carbocycles. The van der Waals surface area contributed by atoms with Crippen molar-refractivity contribution < 1.29 is 27.2 Å². The molecule has 2 aromatic rings. The van der Waals surface area contributed by atoms with E-state index in [4.69, 9.17) is 9.05 Å². The van der Waals surface area contributed by atoms with Crippen LogP contribution in [0.15, 0.2) is 24.3 Å². The van der Waals surface area contributed by atoms with Gasteiger partial charge in [0, 0.05) is 28.2 Å². The minimum atomic E-state index is -3.21. The van der Waals surface area contributed by atoms with E-state index >= 15 is 0 Å². The molecule has 0 fully saturated rings. The Hall–Kier alpha value is -1.32. The lowest BCUT2D eigenvalue weighted by atomic mass is 9.73. The van der Waals surface area contributed by atoms with Gasteiger partial charge in [-0.05, 0) is 39.2 Å². The van der Waals surface area contributed by atoms with Gasteiger partial charge in [0.25, 0.3) is 0 Å². The highest BCUT2D eigenvalue weighted by molar-refractivity contribution is 7.40. The van der Waals surface area contributed by atoms with E-state index in [1.807, 2.05) is 0 Å². The van der Waals surface area contributed by atoms with Crippen molar-refractivity contribution in [1.82, 2.24) is 0 Å². The molecule has 0 saturated heterocycles. The van der Waals surface area contributed by atoms with Gasteiger partial charge in [0.05, 0.1) is 0 Å². The molecule has 0 spiro atoms. The van der Waals surface area contributed by atoms with E-state index in [1.165, 1.54) is 38.5 Å². The maximum absolute atomic E-state index is 14.6. The summed E-state index contributed by atoms with van der Waals surface area (Å²) < 4.78 is 40.8. The first-order valence-corrected chi connectivity index (χ1v) is 20.2. The molecule has 48 heavy (non-hydrogen) atoms. The van der Waals surface area contributed by atoms with Crippen molar-refractivity contribution in [3.8, 4) is 11.5 Å². The lowest BCUT2D eigenvalue weighted by Gasteiger charge is -2.34. The minimum Gasteiger partial charge on any atom is -0.423 e. The third-order valence-corrected chi connectivity index (χ3v) is 9.93. The summed E-state index contributed by atoms with van der Waals surface area (Å²) in [5.74, 6) is 0.295. The highest BCUT2D eigenvalue weighted by atomic mass is 31.2. The van der Waals surface area contributed by atoms with Crippen LogP contribution in [-0.2, 0) is 21.7 Å². The first kappa shape index (κ1) is 42.8. The Morgan fingerprint density at radius 2 is 0.875 bits per heavy atom. The SMILES string of the molecule is CCCCCCCCCCCC(c1cc(C(C)(C)C)cc(C(C)(C)C)c1OP(O)F)c1cc(C(C)(C)C)cc(C(C)(C)C)c1OP(O)F. The Labute approximate surface area is 294 Å². The number of rotatable bonds is 16. The number of unbranched alkanes of at least 4 members (excludes halogenated alkanes) is 8. The van der Waals surface area contributed by atoms with Crippen molar-refractivity contribution >= 4 is 17.4 Å². The van der Waals surface area contributed by atoms with Crippen LogP contribution in [-0.4, -0.2) is 9.79 Å². The van der Waals surface area contributed by atoms with Crippen LogP contribution in [0.1, 0.15) is 194 Å². The summed E-state index contributed by atoms with van der Waals surface area (Å²) in [6.45, 7) is 27.5. The quantitative estimate of drug-likeness (QED) is 0.134. The van der Waals surface area contributed by atoms with E-state index in [0.29, 0.717) is 17.9 Å². The summed E-state index contributed by atoms with van der Waals surface area (Å²) >= 11 is 0. The molecule has 0 saturated carbocycles. The average Bonchev–Trinajstić information content (AvgIpc) is 2.91. The molecule has 0 aliphatic rings. The van der Waals surface area contributed by atoms with Crippen LogP contribution in [0.3, 0.4) is 0 Å². The first-order valence-electron chi connectivity index (χ1n) is 18.0. The summed E-state index contributed by atoms with van der Waals surface area (Å²) in [7, 11) is -6.43. The zero-order chi connectivity index (χ0) is 36.7. The second kappa shape index (κ2) is 17.7. The third-order valence-electron chi connectivity index (χ3n) is 9.26. The Bertz CT molecular complexity index is 1210. The number of hydrogen-bond donors (Lipinski definition) is 2. The molecule has 0 aliphatic heterocycles. The van der Waals surface area contributed by atoms with Crippen molar-refractivity contribution in [2.75, 3.05) is 0 Å². The third kappa shape index (κ3) is 12.8. The molecule has 0 radical (unpaired) electrons. The summed E-state index contributed by atoms with van der Waals surface area (Å²) in [4.78, 5) is 20.2. The predicted octanol–water partition coefficient (Wildman–Crippen LogP) is 14.1. The zero-order valence-corrected chi connectivity index (χ0v) is 34.1. The van der Waals surface area contributed by atoms with Gasteiger partial charge < -0.3 is 18.8 Å². The summed E-state index contributed by atoms with van der Waals surface area (Å²) in [5.41, 5.74) is 3.91. The molecular weight excluding hydrogens is 644 g/mol. The average molecular weight is 711 g/mol. The maximum atomic E-state index is 14.6. The Morgan fingerprint density at radius 1 is 0.542 bits per heavy atom. The molecule has 274 valence electrons. The molecule has 0 amide bonds. The molecule has 2 unspecified atom stereocenters. The standard InChI is InChI=1S/C40H66F2O4P2/c1-14-15-16-17-18-19-20-21-22-23-30(31-24-28(37(2,3)4)26-33(39(8,9)10)35(31)45-47(41)43)32-25-29(38(5,6)7)27-34(40(11,12)13)36(32)46-48(42)44/h24-27,30,43-44H,14-23H2,1-13H3. The molecule has 4 nitrogen and oxygen atoms in total. The Balaban J connectivity index is 2.96. The molecule has 2 N–H and O–H groups in total. The van der Waals surface area contributed by atoms with Crippen LogP contribution < -0.4 is 9.05 Å². The molecule has 0 heterocycles. The first-order chi connectivity index (χ1) is 22.0. The highest BCUT2D eigenvalue weighted by Gasteiger charge is 2.35. The number of hydrogen-bond acceptors (Lipinski definition) is 4. The van der Waals surface area contributed by atoms with Gasteiger partial charge in [-0.15, -0.1) is 8.39 Å². The monoisotopic (exact) mass is 710 g/mol. The predicted molar refractivity (Wildman–Crippen MR) is 203 cm³/mol. The number of halogens is 2. The lowest BCUT2D eigenvalue weighted by Crippen LogP contribution is -2.21. The Morgan fingerprint density at radius 3 is 1.17 bits per heavy atom. The fourth-order valence-electron chi connectivity index (χ4n) is 6.29. The molecule has 0 aromatic heterocycles. The van der Waals surface area contributed by atoms with Gasteiger partial charge in [0.1, 0.15) is 11.5 Å². The maximum Gasteiger partial charge on any atom is 0.436 e. The second-order valence-corrected chi connectivity index (χ2v) is 19.0. The molecule has 2 rings (SSSR count). The van der Waals surface area contributed by atoms with E-state index in [2.05, 4.69) is 114 Å². The van der Waals surface area contributed by atoms with E-state index in [1.54, 1.807) is 0 Å². The van der Waals surface area contributed by atoms with Crippen molar-refractivity contribution in [2.45, 2.75) is 182 Å². The van der Waals surface area contributed by atoms with Gasteiger partial charge in [0.15, 0.2) is 0 Å². The van der Waals surface area contributed by atoms with E-state index < -0.39 is 28.2 Å². The topological polar surface area (TPSA) is 58.9 Å². The van der Waals surface area contributed by atoms with E-state index in [-0.39, 0.29) is 16.7 Å². The molecule has 8 heteroatoms. The Kier molecular flexibility index (Phi) is 15.8. The van der Waals surface area contributed by atoms with Crippen LogP contribution in [0, 0.1) is 0 Å². The lowest BCUT2D eigenvalue weighted by molar-refractivity contribution is 0.412. The van der Waals surface area contributed by atoms with Crippen LogP contribution >= 0.6 is 17.4 Å². The van der Waals surface area contributed by atoms with E-state index in [9.17, 15) is 18.2 Å². The van der Waals surface area contributed by atoms with Crippen LogP contribution in [0.2, 0.25) is 0 Å². The van der Waals surface area contributed by atoms with Crippen molar-refractivity contribution in [3.05, 3.63) is 57.6 Å². The summed E-state index contributed by atoms with van der Waals surface area (Å²) in [6, 6.07) is 8.32. The molecular formula is C40H66F2O4P2. The number of benzene rings is 2. The summed E-state index contributed by atoms with van der Waals surface area (Å²) in [6.07, 6.45) is 11.2. The van der Waals surface area contributed by atoms with Gasteiger partial charge in [-0.1, -0.05) is 172 Å². The highest BCUT2D eigenvalue weighted by Crippen LogP contribution is 2.53. The van der Waals surface area contributed by atoms with Crippen molar-refractivity contribution in [1.29, 1.82) is 0 Å². The fourth-order valence-corrected chi connectivity index (χ4v) is 7.00. The van der Waals surface area contributed by atoms with Gasteiger partial charge in [-0.3, -0.25) is 0 Å². The fraction of sp³-hybridized carbons (Fsp3) is 0.700. The van der Waals surface area contributed by atoms with E-state index in [0.717, 1.165) is 52.6 Å². The smallest absolute Gasteiger partial charge is 0.423 e. The second-order valence-electron chi connectivity index (χ2n) is 17.7. The molecule has 2 aromatic carbocycles. The molecule has 0 bridgehead atoms. The van der Waals surface area contributed by atoms with Crippen molar-refractivity contribution in [3.63, 3.8) is 0 Å². The van der Waals surface area contributed by atoms with Gasteiger partial charge >= 0.3 is 17.4 Å². The van der Waals surface area contributed by atoms with Crippen molar-refractivity contribution in [2.24, 2.45) is 0 Å². The van der Waals surface area contributed by atoms with Crippen LogP contribution in [0.5, 0.6) is 11.5 Å². The largest absolute Gasteiger partial charge is 0.436 e. The van der Waals surface area contributed by atoms with Gasteiger partial charge in [0.2, 0.25) is 0 Å². The summed E-state index contributed by atoms with van der Waals surface area (Å²) in [5, 5.41) is 0. The minimum absolute atomic E-state index is 0.239. The van der Waals surface area contributed by atoms with Gasteiger partial charge in [-0.2, -0.15) is 0 Å². The molecule has 2 atom stereocenters. The van der Waals surface area contributed by atoms with Crippen LogP contribution in [0.4, 0.5) is 8.39 Å². The van der Waals surface area contributed by atoms with Gasteiger partial charge in [-0.25, -0.2) is 0 Å². The normalized spacial score (nSPS) is 14.9. The van der Waals surface area contributed by atoms with Crippen LogP contribution in [0.25, 0.3) is 0 Å². The zero-order valence-electron chi connectivity index (χ0n) is 32.3.